The minimum absolute atomic E-state index is 0.0210. The predicted molar refractivity (Wildman–Crippen MR) is 121 cm³/mol. The quantitative estimate of drug-likeness (QED) is 0.457. The number of para-hydroxylation sites is 1. The van der Waals surface area contributed by atoms with E-state index in [2.05, 4.69) is 20.9 Å². The van der Waals surface area contributed by atoms with Gasteiger partial charge in [0.05, 0.1) is 5.52 Å². The number of hydrogen-bond donors (Lipinski definition) is 2. The lowest BCUT2D eigenvalue weighted by molar-refractivity contribution is -0.132. The Balaban J connectivity index is 1.37. The number of anilines is 1. The van der Waals surface area contributed by atoms with Gasteiger partial charge in [-0.1, -0.05) is 42.5 Å². The summed E-state index contributed by atoms with van der Waals surface area (Å²) in [6.45, 7) is 1.57. The molecule has 2 aromatic heterocycles. The van der Waals surface area contributed by atoms with Crippen LogP contribution in [0.3, 0.4) is 0 Å². The number of rotatable bonds is 6. The molecule has 0 spiro atoms. The van der Waals surface area contributed by atoms with E-state index in [1.807, 2.05) is 59.5 Å². The molecule has 4 aromatic rings. The van der Waals surface area contributed by atoms with Crippen LogP contribution in [0.15, 0.2) is 54.6 Å². The van der Waals surface area contributed by atoms with Crippen LogP contribution >= 0.6 is 0 Å². The van der Waals surface area contributed by atoms with Crippen LogP contribution in [0.5, 0.6) is 0 Å². The van der Waals surface area contributed by atoms with Crippen LogP contribution in [0, 0.1) is 0 Å². The number of carbonyl (C=O) groups is 2. The van der Waals surface area contributed by atoms with Gasteiger partial charge in [0.15, 0.2) is 11.5 Å². The Morgan fingerprint density at radius 1 is 0.906 bits per heavy atom. The summed E-state index contributed by atoms with van der Waals surface area (Å²) in [5.41, 5.74) is 7.75. The van der Waals surface area contributed by atoms with Crippen LogP contribution in [0.25, 0.3) is 27.9 Å². The Morgan fingerprint density at radius 3 is 2.47 bits per heavy atom. The van der Waals surface area contributed by atoms with Crippen LogP contribution in [0.4, 0.5) is 5.95 Å². The van der Waals surface area contributed by atoms with E-state index in [9.17, 15) is 9.59 Å². The molecule has 9 nitrogen and oxygen atoms in total. The molecule has 2 amide bonds. The highest BCUT2D eigenvalue weighted by atomic mass is 16.2. The number of benzene rings is 2. The summed E-state index contributed by atoms with van der Waals surface area (Å²) >= 11 is 0. The molecule has 1 fully saturated rings. The molecule has 0 aliphatic carbocycles. The van der Waals surface area contributed by atoms with E-state index >= 15 is 0 Å². The smallest absolute Gasteiger partial charge is 0.245 e. The zero-order chi connectivity index (χ0) is 21.9. The first-order chi connectivity index (χ1) is 15.7. The Bertz CT molecular complexity index is 1280. The van der Waals surface area contributed by atoms with Gasteiger partial charge in [-0.05, 0) is 25.0 Å². The topological polar surface area (TPSA) is 105 Å². The Hall–Kier alpha value is -4.01. The molecule has 0 radical (unpaired) electrons. The molecule has 0 atom stereocenters. The summed E-state index contributed by atoms with van der Waals surface area (Å²) in [5.74, 6) is 0.638. The first-order valence-electron chi connectivity index (χ1n) is 10.7. The molecule has 2 N–H and O–H groups in total. The van der Waals surface area contributed by atoms with E-state index in [0.717, 1.165) is 42.4 Å². The van der Waals surface area contributed by atoms with Crippen molar-refractivity contribution in [2.75, 3.05) is 18.5 Å². The molecule has 5 rings (SSSR count). The van der Waals surface area contributed by atoms with Gasteiger partial charge in [-0.3, -0.25) is 20.4 Å². The van der Waals surface area contributed by atoms with Crippen LogP contribution in [0.2, 0.25) is 0 Å². The maximum Gasteiger partial charge on any atom is 0.245 e. The number of nitrogens with one attached hydrogen (secondary N) is 2. The average Bonchev–Trinajstić information content (AvgIpc) is 3.52. The zero-order valence-corrected chi connectivity index (χ0v) is 17.5. The van der Waals surface area contributed by atoms with Crippen LogP contribution in [0.1, 0.15) is 25.7 Å². The SMILES string of the molecule is O=C(CCC(=O)N1CCCC1)NNc1nc2ccccc2c2nc(-c3ccccc3)nn12. The van der Waals surface area contributed by atoms with Gasteiger partial charge in [-0.15, -0.1) is 5.10 Å². The highest BCUT2D eigenvalue weighted by molar-refractivity contribution is 5.93. The Labute approximate surface area is 184 Å². The molecule has 1 aliphatic heterocycles. The van der Waals surface area contributed by atoms with Crippen LogP contribution in [-0.2, 0) is 9.59 Å². The Morgan fingerprint density at radius 2 is 1.66 bits per heavy atom. The summed E-state index contributed by atoms with van der Waals surface area (Å²) in [4.78, 5) is 35.6. The molecule has 32 heavy (non-hydrogen) atoms. The number of hydrazine groups is 1. The average molecular weight is 429 g/mol. The van der Waals surface area contributed by atoms with E-state index in [-0.39, 0.29) is 24.7 Å². The molecular weight excluding hydrogens is 406 g/mol. The van der Waals surface area contributed by atoms with Gasteiger partial charge in [0.25, 0.3) is 0 Å². The third-order valence-electron chi connectivity index (χ3n) is 5.55. The van der Waals surface area contributed by atoms with Crippen molar-refractivity contribution in [2.24, 2.45) is 0 Å². The van der Waals surface area contributed by atoms with Gasteiger partial charge in [0, 0.05) is 36.9 Å². The molecule has 0 bridgehead atoms. The largest absolute Gasteiger partial charge is 0.343 e. The fourth-order valence-corrected chi connectivity index (χ4v) is 3.88. The van der Waals surface area contributed by atoms with Gasteiger partial charge in [-0.25, -0.2) is 9.97 Å². The highest BCUT2D eigenvalue weighted by Gasteiger charge is 2.19. The number of carbonyl (C=O) groups excluding carboxylic acids is 2. The second-order valence-electron chi connectivity index (χ2n) is 7.75. The minimum Gasteiger partial charge on any atom is -0.343 e. The maximum atomic E-state index is 12.3. The molecular formula is C23H23N7O2. The summed E-state index contributed by atoms with van der Waals surface area (Å²) in [6.07, 6.45) is 2.36. The zero-order valence-electron chi connectivity index (χ0n) is 17.5. The van der Waals surface area contributed by atoms with Crippen molar-refractivity contribution < 1.29 is 9.59 Å². The van der Waals surface area contributed by atoms with Gasteiger partial charge in [0.2, 0.25) is 17.8 Å². The first kappa shape index (κ1) is 19.9. The molecule has 0 unspecified atom stereocenters. The van der Waals surface area contributed by atoms with Crippen molar-refractivity contribution in [3.63, 3.8) is 0 Å². The van der Waals surface area contributed by atoms with E-state index < -0.39 is 0 Å². The lowest BCUT2D eigenvalue weighted by Gasteiger charge is -2.15. The van der Waals surface area contributed by atoms with Crippen molar-refractivity contribution in [1.29, 1.82) is 0 Å². The standard InChI is InChI=1S/C23H23N7O2/c31-19(12-13-20(32)29-14-6-7-15-29)26-27-23-24-18-11-5-4-10-17(18)22-25-21(28-30(22)23)16-8-2-1-3-9-16/h1-5,8-11H,6-7,12-15H2,(H,24,27)(H,26,31). The van der Waals surface area contributed by atoms with Gasteiger partial charge in [0.1, 0.15) is 0 Å². The molecule has 2 aromatic carbocycles. The van der Waals surface area contributed by atoms with Crippen molar-refractivity contribution >= 4 is 34.3 Å². The second kappa shape index (κ2) is 8.62. The third-order valence-corrected chi connectivity index (χ3v) is 5.55. The van der Waals surface area contributed by atoms with Crippen LogP contribution in [-0.4, -0.2) is 49.4 Å². The number of nitrogens with zero attached hydrogens (tertiary/aromatic N) is 5. The second-order valence-corrected chi connectivity index (χ2v) is 7.75. The fraction of sp³-hybridized carbons (Fsp3) is 0.261. The van der Waals surface area contributed by atoms with Crippen molar-refractivity contribution in [3.8, 4) is 11.4 Å². The first-order valence-corrected chi connectivity index (χ1v) is 10.7. The number of amides is 2. The van der Waals surface area contributed by atoms with Gasteiger partial charge in [-0.2, -0.15) is 4.52 Å². The van der Waals surface area contributed by atoms with E-state index in [1.165, 1.54) is 0 Å². The molecule has 9 heteroatoms. The van der Waals surface area contributed by atoms with Gasteiger partial charge < -0.3 is 4.90 Å². The highest BCUT2D eigenvalue weighted by Crippen LogP contribution is 2.23. The molecule has 162 valence electrons. The van der Waals surface area contributed by atoms with E-state index in [0.29, 0.717) is 17.4 Å². The lowest BCUT2D eigenvalue weighted by Crippen LogP contribution is -2.33. The molecule has 3 heterocycles. The maximum absolute atomic E-state index is 12.3. The molecule has 1 saturated heterocycles. The summed E-state index contributed by atoms with van der Waals surface area (Å²) in [7, 11) is 0. The van der Waals surface area contributed by atoms with Crippen LogP contribution < -0.4 is 10.9 Å². The molecule has 1 aliphatic rings. The van der Waals surface area contributed by atoms with E-state index in [1.54, 1.807) is 4.52 Å². The lowest BCUT2D eigenvalue weighted by atomic mass is 10.2. The van der Waals surface area contributed by atoms with Gasteiger partial charge >= 0.3 is 0 Å². The monoisotopic (exact) mass is 429 g/mol. The number of aromatic nitrogens is 4. The molecule has 0 saturated carbocycles. The summed E-state index contributed by atoms with van der Waals surface area (Å²) in [5, 5.41) is 5.46. The number of hydrogen-bond acceptors (Lipinski definition) is 6. The number of likely N-dealkylation sites (tertiary alicyclic amines) is 1. The van der Waals surface area contributed by atoms with Crippen molar-refractivity contribution in [3.05, 3.63) is 54.6 Å². The third kappa shape index (κ3) is 3.96. The van der Waals surface area contributed by atoms with E-state index in [4.69, 9.17) is 4.98 Å². The normalized spacial score (nSPS) is 13.6. The fourth-order valence-electron chi connectivity index (χ4n) is 3.88. The Kier molecular flexibility index (Phi) is 5.37. The number of fused-ring (bicyclic) bond motifs is 3. The van der Waals surface area contributed by atoms with Crippen molar-refractivity contribution in [2.45, 2.75) is 25.7 Å². The summed E-state index contributed by atoms with van der Waals surface area (Å²) < 4.78 is 1.58. The minimum atomic E-state index is -0.288. The predicted octanol–water partition coefficient (Wildman–Crippen LogP) is 2.79. The summed E-state index contributed by atoms with van der Waals surface area (Å²) in [6, 6.07) is 17.3. The van der Waals surface area contributed by atoms with Crippen molar-refractivity contribution in [1.82, 2.24) is 29.9 Å².